The lowest BCUT2D eigenvalue weighted by atomic mass is 10.1. The number of carbonyl (C=O) groups is 2. The molecule has 5 nitrogen and oxygen atoms in total. The first-order chi connectivity index (χ1) is 11.0. The average Bonchev–Trinajstić information content (AvgIpc) is 2.57. The van der Waals surface area contributed by atoms with Gasteiger partial charge in [-0.1, -0.05) is 36.8 Å². The third-order valence-corrected chi connectivity index (χ3v) is 3.98. The molecule has 0 aromatic heterocycles. The fourth-order valence-corrected chi connectivity index (χ4v) is 2.42. The number of aliphatic hydroxyl groups is 1. The van der Waals surface area contributed by atoms with Crippen LogP contribution in [0.4, 0.5) is 0 Å². The topological polar surface area (TPSA) is 66.8 Å². The summed E-state index contributed by atoms with van der Waals surface area (Å²) in [4.78, 5) is 25.4. The molecule has 0 heterocycles. The number of hydrogen-bond acceptors (Lipinski definition) is 4. The van der Waals surface area contributed by atoms with Gasteiger partial charge in [-0.25, -0.2) is 0 Å². The minimum absolute atomic E-state index is 0.0459. The molecule has 1 amide bonds. The number of nitrogens with zero attached hydrogens (tertiary/aromatic N) is 1. The van der Waals surface area contributed by atoms with E-state index in [9.17, 15) is 14.7 Å². The van der Waals surface area contributed by atoms with Crippen LogP contribution < -0.4 is 0 Å². The third-order valence-electron chi connectivity index (χ3n) is 3.98. The van der Waals surface area contributed by atoms with E-state index in [2.05, 4.69) is 4.74 Å². The van der Waals surface area contributed by atoms with Crippen LogP contribution in [0.5, 0.6) is 0 Å². The van der Waals surface area contributed by atoms with E-state index in [0.717, 1.165) is 5.56 Å². The Kier molecular flexibility index (Phi) is 8.33. The van der Waals surface area contributed by atoms with Crippen molar-refractivity contribution >= 4 is 11.9 Å². The molecule has 0 bridgehead atoms. The van der Waals surface area contributed by atoms with Gasteiger partial charge in [0.05, 0.1) is 26.2 Å². The Balaban J connectivity index is 2.65. The second kappa shape index (κ2) is 10.0. The lowest BCUT2D eigenvalue weighted by Gasteiger charge is -2.29. The lowest BCUT2D eigenvalue weighted by molar-refractivity contribution is -0.142. The van der Waals surface area contributed by atoms with Crippen LogP contribution in [0.15, 0.2) is 24.3 Å². The van der Waals surface area contributed by atoms with Gasteiger partial charge in [-0.2, -0.15) is 0 Å². The second-order valence-corrected chi connectivity index (χ2v) is 5.64. The first-order valence-electron chi connectivity index (χ1n) is 8.04. The van der Waals surface area contributed by atoms with Crippen LogP contribution in [0.1, 0.15) is 37.3 Å². The van der Waals surface area contributed by atoms with E-state index in [4.69, 9.17) is 0 Å². The Morgan fingerprint density at radius 2 is 1.87 bits per heavy atom. The van der Waals surface area contributed by atoms with Gasteiger partial charge in [0.25, 0.3) is 0 Å². The fraction of sp³-hybridized carbons (Fsp3) is 0.556. The Hall–Kier alpha value is -1.88. The molecule has 1 aromatic carbocycles. The van der Waals surface area contributed by atoms with Crippen LogP contribution in [-0.2, 0) is 20.7 Å². The first-order valence-corrected chi connectivity index (χ1v) is 8.04. The monoisotopic (exact) mass is 321 g/mol. The van der Waals surface area contributed by atoms with Gasteiger partial charge in [-0.3, -0.25) is 9.59 Å². The van der Waals surface area contributed by atoms with Crippen molar-refractivity contribution < 1.29 is 19.4 Å². The summed E-state index contributed by atoms with van der Waals surface area (Å²) in [7, 11) is 1.33. The second-order valence-electron chi connectivity index (χ2n) is 5.64. The molecule has 1 N–H and O–H groups in total. The Morgan fingerprint density at radius 1 is 1.22 bits per heavy atom. The number of benzene rings is 1. The minimum Gasteiger partial charge on any atom is -0.469 e. The van der Waals surface area contributed by atoms with Crippen molar-refractivity contribution in [3.63, 3.8) is 0 Å². The summed E-state index contributed by atoms with van der Waals surface area (Å²) < 4.78 is 4.63. The highest BCUT2D eigenvalue weighted by atomic mass is 16.5. The van der Waals surface area contributed by atoms with E-state index in [-0.39, 0.29) is 37.5 Å². The summed E-state index contributed by atoms with van der Waals surface area (Å²) in [5.74, 6) is -0.399. The van der Waals surface area contributed by atoms with Crippen LogP contribution in [0, 0.1) is 6.92 Å². The SMILES string of the molecule is CCC(CO)N(CCC(=O)OC)C(=O)CCc1ccc(C)cc1. The number of aryl methyl sites for hydroxylation is 2. The van der Waals surface area contributed by atoms with Crippen LogP contribution >= 0.6 is 0 Å². The number of hydrogen-bond donors (Lipinski definition) is 1. The molecule has 128 valence electrons. The van der Waals surface area contributed by atoms with Gasteiger partial charge in [-0.05, 0) is 25.3 Å². The van der Waals surface area contributed by atoms with Gasteiger partial charge in [0, 0.05) is 13.0 Å². The standard InChI is InChI=1S/C18H27NO4/c1-4-16(13-20)19(12-11-18(22)23-3)17(21)10-9-15-7-5-14(2)6-8-15/h5-8,16,20H,4,9-13H2,1-3H3. The predicted octanol–water partition coefficient (Wildman–Crippen LogP) is 2.09. The van der Waals surface area contributed by atoms with Crippen molar-refractivity contribution in [2.75, 3.05) is 20.3 Å². The van der Waals surface area contributed by atoms with Crippen molar-refractivity contribution in [2.45, 2.75) is 45.6 Å². The molecule has 1 aromatic rings. The molecule has 5 heteroatoms. The number of rotatable bonds is 9. The maximum absolute atomic E-state index is 12.5. The van der Waals surface area contributed by atoms with Crippen molar-refractivity contribution in [3.05, 3.63) is 35.4 Å². The van der Waals surface area contributed by atoms with Crippen molar-refractivity contribution in [1.29, 1.82) is 0 Å². The summed E-state index contributed by atoms with van der Waals surface area (Å²) in [6, 6.07) is 7.83. The first kappa shape index (κ1) is 19.2. The van der Waals surface area contributed by atoms with E-state index in [1.54, 1.807) is 4.90 Å². The van der Waals surface area contributed by atoms with Gasteiger partial charge in [-0.15, -0.1) is 0 Å². The number of esters is 1. The molecule has 0 aliphatic heterocycles. The summed E-state index contributed by atoms with van der Waals surface area (Å²) in [5.41, 5.74) is 2.29. The number of amides is 1. The van der Waals surface area contributed by atoms with Gasteiger partial charge in [0.15, 0.2) is 0 Å². The van der Waals surface area contributed by atoms with Crippen LogP contribution in [-0.4, -0.2) is 48.2 Å². The highest BCUT2D eigenvalue weighted by molar-refractivity contribution is 5.78. The van der Waals surface area contributed by atoms with Crippen molar-refractivity contribution in [3.8, 4) is 0 Å². The van der Waals surface area contributed by atoms with Crippen molar-refractivity contribution in [2.24, 2.45) is 0 Å². The molecule has 1 unspecified atom stereocenters. The highest BCUT2D eigenvalue weighted by Crippen LogP contribution is 2.11. The highest BCUT2D eigenvalue weighted by Gasteiger charge is 2.22. The maximum atomic E-state index is 12.5. The van der Waals surface area contributed by atoms with Gasteiger partial charge >= 0.3 is 5.97 Å². The molecule has 0 aliphatic carbocycles. The molecular weight excluding hydrogens is 294 g/mol. The molecule has 0 aliphatic rings. The molecule has 0 spiro atoms. The quantitative estimate of drug-likeness (QED) is 0.707. The normalized spacial score (nSPS) is 11.8. The molecule has 0 saturated heterocycles. The summed E-state index contributed by atoms with van der Waals surface area (Å²) in [5, 5.41) is 9.47. The lowest BCUT2D eigenvalue weighted by Crippen LogP contribution is -2.43. The molecule has 0 fully saturated rings. The maximum Gasteiger partial charge on any atom is 0.307 e. The average molecular weight is 321 g/mol. The van der Waals surface area contributed by atoms with Crippen LogP contribution in [0.3, 0.4) is 0 Å². The molecular formula is C18H27NO4. The van der Waals surface area contributed by atoms with E-state index < -0.39 is 0 Å². The zero-order valence-corrected chi connectivity index (χ0v) is 14.2. The molecule has 23 heavy (non-hydrogen) atoms. The van der Waals surface area contributed by atoms with Crippen LogP contribution in [0.25, 0.3) is 0 Å². The fourth-order valence-electron chi connectivity index (χ4n) is 2.42. The molecule has 0 saturated carbocycles. The molecule has 0 radical (unpaired) electrons. The molecule has 1 rings (SSSR count). The van der Waals surface area contributed by atoms with Crippen LogP contribution in [0.2, 0.25) is 0 Å². The number of ether oxygens (including phenoxy) is 1. The summed E-state index contributed by atoms with van der Waals surface area (Å²) in [6.07, 6.45) is 1.80. The largest absolute Gasteiger partial charge is 0.469 e. The summed E-state index contributed by atoms with van der Waals surface area (Å²) >= 11 is 0. The predicted molar refractivity (Wildman–Crippen MR) is 89.0 cm³/mol. The zero-order valence-electron chi connectivity index (χ0n) is 14.2. The smallest absolute Gasteiger partial charge is 0.307 e. The Morgan fingerprint density at radius 3 is 2.39 bits per heavy atom. The third kappa shape index (κ3) is 6.40. The Bertz CT molecular complexity index is 494. The van der Waals surface area contributed by atoms with E-state index in [1.165, 1.54) is 12.7 Å². The van der Waals surface area contributed by atoms with Gasteiger partial charge in [0.2, 0.25) is 5.91 Å². The minimum atomic E-state index is -0.353. The van der Waals surface area contributed by atoms with E-state index in [1.807, 2.05) is 38.1 Å². The van der Waals surface area contributed by atoms with E-state index >= 15 is 0 Å². The van der Waals surface area contributed by atoms with Gasteiger partial charge in [0.1, 0.15) is 0 Å². The number of carbonyl (C=O) groups excluding carboxylic acids is 2. The number of methoxy groups -OCH3 is 1. The van der Waals surface area contributed by atoms with Crippen molar-refractivity contribution in [1.82, 2.24) is 4.90 Å². The Labute approximate surface area is 138 Å². The zero-order chi connectivity index (χ0) is 17.2. The van der Waals surface area contributed by atoms with E-state index in [0.29, 0.717) is 19.3 Å². The summed E-state index contributed by atoms with van der Waals surface area (Å²) in [6.45, 7) is 4.11. The molecule has 1 atom stereocenters. The van der Waals surface area contributed by atoms with Gasteiger partial charge < -0.3 is 14.7 Å². The number of aliphatic hydroxyl groups excluding tert-OH is 1.